The third-order valence-corrected chi connectivity index (χ3v) is 3.40. The van der Waals surface area contributed by atoms with Gasteiger partial charge >= 0.3 is 0 Å². The molecule has 2 aromatic rings. The summed E-state index contributed by atoms with van der Waals surface area (Å²) < 4.78 is 0. The molecule has 1 aliphatic rings. The summed E-state index contributed by atoms with van der Waals surface area (Å²) in [6, 6.07) is 6.47. The molecule has 1 N–H and O–H groups in total. The number of nitrogens with zero attached hydrogens (tertiary/aromatic N) is 2. The van der Waals surface area contributed by atoms with E-state index in [1.54, 1.807) is 0 Å². The van der Waals surface area contributed by atoms with Gasteiger partial charge in [-0.2, -0.15) is 10.2 Å². The van der Waals surface area contributed by atoms with Crippen molar-refractivity contribution in [3.05, 3.63) is 36.2 Å². The minimum Gasteiger partial charge on any atom is -0.317 e. The Bertz CT molecular complexity index is 484. The molecular weight excluding hydrogens is 198 g/mol. The van der Waals surface area contributed by atoms with Crippen LogP contribution in [0.1, 0.15) is 24.3 Å². The van der Waals surface area contributed by atoms with Gasteiger partial charge in [0, 0.05) is 10.8 Å². The number of hydrogen-bond donors (Lipinski definition) is 1. The summed E-state index contributed by atoms with van der Waals surface area (Å²) in [5.41, 5.74) is 1.44. The lowest BCUT2D eigenvalue weighted by molar-refractivity contribution is 0.462. The van der Waals surface area contributed by atoms with Gasteiger partial charge in [-0.3, -0.25) is 0 Å². The van der Waals surface area contributed by atoms with E-state index in [1.165, 1.54) is 29.2 Å². The molecule has 82 valence electrons. The van der Waals surface area contributed by atoms with Crippen LogP contribution in [0.15, 0.2) is 30.6 Å². The van der Waals surface area contributed by atoms with E-state index in [0.717, 1.165) is 13.1 Å². The molecule has 0 amide bonds. The lowest BCUT2D eigenvalue weighted by Crippen LogP contribution is -2.26. The number of fused-ring (bicyclic) bond motifs is 1. The van der Waals surface area contributed by atoms with Crippen LogP contribution in [0.2, 0.25) is 0 Å². The van der Waals surface area contributed by atoms with Crippen LogP contribution >= 0.6 is 0 Å². The predicted octanol–water partition coefficient (Wildman–Crippen LogP) is 2.10. The van der Waals surface area contributed by atoms with Gasteiger partial charge in [0.2, 0.25) is 0 Å². The molecule has 2 heterocycles. The van der Waals surface area contributed by atoms with Crippen LogP contribution < -0.4 is 5.32 Å². The number of aromatic nitrogens is 2. The highest BCUT2D eigenvalue weighted by Crippen LogP contribution is 2.30. The van der Waals surface area contributed by atoms with Crippen molar-refractivity contribution in [1.29, 1.82) is 0 Å². The van der Waals surface area contributed by atoms with Crippen molar-refractivity contribution in [3.63, 3.8) is 0 Å². The Morgan fingerprint density at radius 1 is 1.06 bits per heavy atom. The van der Waals surface area contributed by atoms with E-state index in [0.29, 0.717) is 5.92 Å². The lowest BCUT2D eigenvalue weighted by Gasteiger charge is -2.23. The Morgan fingerprint density at radius 2 is 1.88 bits per heavy atom. The number of nitrogens with one attached hydrogen (secondary N) is 1. The van der Waals surface area contributed by atoms with Crippen molar-refractivity contribution in [1.82, 2.24) is 15.5 Å². The molecule has 16 heavy (non-hydrogen) atoms. The summed E-state index contributed by atoms with van der Waals surface area (Å²) in [6.45, 7) is 2.25. The second-order valence-corrected chi connectivity index (χ2v) is 4.36. The van der Waals surface area contributed by atoms with Gasteiger partial charge in [-0.15, -0.1) is 0 Å². The first-order chi connectivity index (χ1) is 7.95. The summed E-state index contributed by atoms with van der Waals surface area (Å²) in [6.07, 6.45) is 6.19. The Morgan fingerprint density at radius 3 is 2.75 bits per heavy atom. The monoisotopic (exact) mass is 213 g/mol. The van der Waals surface area contributed by atoms with E-state index in [1.807, 2.05) is 12.4 Å². The molecule has 0 aliphatic carbocycles. The second kappa shape index (κ2) is 4.18. The van der Waals surface area contributed by atoms with Crippen LogP contribution in [-0.4, -0.2) is 23.3 Å². The zero-order chi connectivity index (χ0) is 10.8. The van der Waals surface area contributed by atoms with Crippen LogP contribution in [0.3, 0.4) is 0 Å². The van der Waals surface area contributed by atoms with E-state index in [2.05, 4.69) is 33.7 Å². The van der Waals surface area contributed by atoms with Crippen molar-refractivity contribution in [2.24, 2.45) is 0 Å². The first-order valence-electron chi connectivity index (χ1n) is 5.85. The van der Waals surface area contributed by atoms with Gasteiger partial charge in [-0.1, -0.05) is 18.2 Å². The SMILES string of the molecule is c1cc(C2CCNCC2)c2cnncc2c1. The minimum absolute atomic E-state index is 0.675. The fourth-order valence-corrected chi connectivity index (χ4v) is 2.54. The number of piperidine rings is 1. The molecule has 0 bridgehead atoms. The smallest absolute Gasteiger partial charge is 0.0577 e. The molecule has 1 aromatic carbocycles. The zero-order valence-electron chi connectivity index (χ0n) is 9.19. The molecule has 3 heteroatoms. The Kier molecular flexibility index (Phi) is 2.54. The van der Waals surface area contributed by atoms with Gasteiger partial charge in [-0.05, 0) is 37.4 Å². The summed E-state index contributed by atoms with van der Waals surface area (Å²) in [5.74, 6) is 0.675. The maximum Gasteiger partial charge on any atom is 0.0577 e. The topological polar surface area (TPSA) is 37.8 Å². The van der Waals surface area contributed by atoms with Crippen molar-refractivity contribution in [2.45, 2.75) is 18.8 Å². The minimum atomic E-state index is 0.675. The normalized spacial score (nSPS) is 17.8. The lowest BCUT2D eigenvalue weighted by atomic mass is 9.88. The molecular formula is C13H15N3. The second-order valence-electron chi connectivity index (χ2n) is 4.36. The highest BCUT2D eigenvalue weighted by molar-refractivity contribution is 5.84. The largest absolute Gasteiger partial charge is 0.317 e. The fraction of sp³-hybridized carbons (Fsp3) is 0.385. The van der Waals surface area contributed by atoms with Crippen LogP contribution in [0.5, 0.6) is 0 Å². The summed E-state index contributed by atoms with van der Waals surface area (Å²) in [7, 11) is 0. The molecule has 0 atom stereocenters. The zero-order valence-corrected chi connectivity index (χ0v) is 9.19. The number of hydrogen-bond acceptors (Lipinski definition) is 3. The molecule has 0 spiro atoms. The van der Waals surface area contributed by atoms with Crippen molar-refractivity contribution < 1.29 is 0 Å². The van der Waals surface area contributed by atoms with Crippen LogP contribution in [0.25, 0.3) is 10.8 Å². The third-order valence-electron chi connectivity index (χ3n) is 3.40. The summed E-state index contributed by atoms with van der Waals surface area (Å²) in [5, 5.41) is 13.8. The van der Waals surface area contributed by atoms with Gasteiger partial charge < -0.3 is 5.32 Å². The molecule has 1 aromatic heterocycles. The molecule has 1 fully saturated rings. The van der Waals surface area contributed by atoms with E-state index in [9.17, 15) is 0 Å². The van der Waals surface area contributed by atoms with Crippen molar-refractivity contribution in [2.75, 3.05) is 13.1 Å². The maximum absolute atomic E-state index is 4.00. The van der Waals surface area contributed by atoms with Crippen LogP contribution in [-0.2, 0) is 0 Å². The first kappa shape index (κ1) is 9.73. The van der Waals surface area contributed by atoms with E-state index in [4.69, 9.17) is 0 Å². The van der Waals surface area contributed by atoms with Crippen LogP contribution in [0, 0.1) is 0 Å². The quantitative estimate of drug-likeness (QED) is 0.788. The Balaban J connectivity index is 2.08. The van der Waals surface area contributed by atoms with Gasteiger partial charge in [0.25, 0.3) is 0 Å². The van der Waals surface area contributed by atoms with Crippen molar-refractivity contribution in [3.8, 4) is 0 Å². The predicted molar refractivity (Wildman–Crippen MR) is 64.4 cm³/mol. The first-order valence-corrected chi connectivity index (χ1v) is 5.85. The molecule has 0 radical (unpaired) electrons. The maximum atomic E-state index is 4.00. The van der Waals surface area contributed by atoms with Gasteiger partial charge in [-0.25, -0.2) is 0 Å². The average molecular weight is 213 g/mol. The molecule has 0 unspecified atom stereocenters. The van der Waals surface area contributed by atoms with Crippen LogP contribution in [0.4, 0.5) is 0 Å². The third kappa shape index (κ3) is 1.67. The Labute approximate surface area is 94.9 Å². The van der Waals surface area contributed by atoms with Gasteiger partial charge in [0.1, 0.15) is 0 Å². The average Bonchev–Trinajstić information content (AvgIpc) is 2.39. The summed E-state index contributed by atoms with van der Waals surface area (Å²) in [4.78, 5) is 0. The fourth-order valence-electron chi connectivity index (χ4n) is 2.54. The number of rotatable bonds is 1. The van der Waals surface area contributed by atoms with Gasteiger partial charge in [0.05, 0.1) is 12.4 Å². The summed E-state index contributed by atoms with van der Waals surface area (Å²) >= 11 is 0. The molecule has 0 saturated carbocycles. The molecule has 3 nitrogen and oxygen atoms in total. The van der Waals surface area contributed by atoms with Crippen molar-refractivity contribution >= 4 is 10.8 Å². The van der Waals surface area contributed by atoms with E-state index in [-0.39, 0.29) is 0 Å². The van der Waals surface area contributed by atoms with E-state index >= 15 is 0 Å². The molecule has 1 saturated heterocycles. The molecule has 1 aliphatic heterocycles. The standard InChI is InChI=1S/C13H15N3/c1-2-11-8-15-16-9-13(11)12(3-1)10-4-6-14-7-5-10/h1-3,8-10,14H,4-7H2. The van der Waals surface area contributed by atoms with E-state index < -0.39 is 0 Å². The Hall–Kier alpha value is -1.48. The van der Waals surface area contributed by atoms with Gasteiger partial charge in [0.15, 0.2) is 0 Å². The highest BCUT2D eigenvalue weighted by atomic mass is 15.1. The molecule has 3 rings (SSSR count). The highest BCUT2D eigenvalue weighted by Gasteiger charge is 2.17. The number of benzene rings is 1.